The predicted molar refractivity (Wildman–Crippen MR) is 99.4 cm³/mol. The van der Waals surface area contributed by atoms with Gasteiger partial charge in [0.25, 0.3) is 0 Å². The number of nitrogens with zero attached hydrogens (tertiary/aromatic N) is 3. The Morgan fingerprint density at radius 3 is 2.61 bits per heavy atom. The van der Waals surface area contributed by atoms with E-state index >= 15 is 0 Å². The van der Waals surface area contributed by atoms with Gasteiger partial charge in [0.15, 0.2) is 0 Å². The minimum Gasteiger partial charge on any atom is -0.492 e. The number of ether oxygens (including phenoxy) is 2. The second kappa shape index (κ2) is 9.27. The van der Waals surface area contributed by atoms with Crippen molar-refractivity contribution < 1.29 is 22.8 Å². The highest BCUT2D eigenvalue weighted by Crippen LogP contribution is 2.28. The normalized spacial score (nSPS) is 11.2. The Hall–Kier alpha value is -3.00. The molecule has 0 saturated heterocycles. The fourth-order valence-electron chi connectivity index (χ4n) is 2.54. The van der Waals surface area contributed by atoms with Gasteiger partial charge >= 0.3 is 6.61 Å². The lowest BCUT2D eigenvalue weighted by Gasteiger charge is -2.14. The predicted octanol–water partition coefficient (Wildman–Crippen LogP) is 4.16. The van der Waals surface area contributed by atoms with Gasteiger partial charge < -0.3 is 14.0 Å². The van der Waals surface area contributed by atoms with Crippen LogP contribution in [0.1, 0.15) is 11.5 Å². The Bertz CT molecular complexity index is 884. The van der Waals surface area contributed by atoms with Crippen LogP contribution >= 0.6 is 0 Å². The van der Waals surface area contributed by atoms with Gasteiger partial charge in [0.1, 0.15) is 18.1 Å². The Morgan fingerprint density at radius 1 is 1.11 bits per heavy atom. The van der Waals surface area contributed by atoms with E-state index in [2.05, 4.69) is 14.9 Å². The van der Waals surface area contributed by atoms with E-state index in [4.69, 9.17) is 9.26 Å². The second-order valence-corrected chi connectivity index (χ2v) is 6.29. The standard InChI is InChI=1S/C20H21F2N3O3/c1-14-7-9-15(10-8-14)26-12-11-25(2)13-18-23-19(24-28-18)16-5-3-4-6-17(16)27-20(21)22/h3-10,20H,11-13H2,1-2H3. The molecule has 3 rings (SSSR count). The molecule has 0 radical (unpaired) electrons. The van der Waals surface area contributed by atoms with E-state index in [1.165, 1.54) is 11.6 Å². The molecule has 148 valence electrons. The number of likely N-dealkylation sites (N-methyl/N-ethyl adjacent to an activating group) is 1. The van der Waals surface area contributed by atoms with Crippen LogP contribution in [0.15, 0.2) is 53.1 Å². The summed E-state index contributed by atoms with van der Waals surface area (Å²) in [7, 11) is 1.90. The van der Waals surface area contributed by atoms with Crippen LogP contribution in [0.3, 0.4) is 0 Å². The van der Waals surface area contributed by atoms with Crippen LogP contribution in [0.4, 0.5) is 8.78 Å². The van der Waals surface area contributed by atoms with Crippen molar-refractivity contribution in [3.8, 4) is 22.9 Å². The maximum absolute atomic E-state index is 12.5. The van der Waals surface area contributed by atoms with Gasteiger partial charge in [0.2, 0.25) is 11.7 Å². The van der Waals surface area contributed by atoms with E-state index in [0.717, 1.165) is 5.75 Å². The molecule has 1 heterocycles. The number of para-hydroxylation sites is 1. The summed E-state index contributed by atoms with van der Waals surface area (Å²) in [5.74, 6) is 1.40. The summed E-state index contributed by atoms with van der Waals surface area (Å²) in [6.07, 6.45) is 0. The number of halogens is 2. The van der Waals surface area contributed by atoms with E-state index < -0.39 is 6.61 Å². The number of hydrogen-bond acceptors (Lipinski definition) is 6. The van der Waals surface area contributed by atoms with E-state index in [0.29, 0.717) is 31.2 Å². The highest BCUT2D eigenvalue weighted by Gasteiger charge is 2.16. The Kier molecular flexibility index (Phi) is 6.54. The van der Waals surface area contributed by atoms with Crippen molar-refractivity contribution in [3.63, 3.8) is 0 Å². The van der Waals surface area contributed by atoms with Crippen molar-refractivity contribution >= 4 is 0 Å². The molecule has 0 amide bonds. The van der Waals surface area contributed by atoms with Crippen LogP contribution in [0.2, 0.25) is 0 Å². The number of hydrogen-bond donors (Lipinski definition) is 0. The van der Waals surface area contributed by atoms with E-state index in [1.807, 2.05) is 43.1 Å². The molecular weight excluding hydrogens is 368 g/mol. The molecule has 0 aliphatic rings. The van der Waals surface area contributed by atoms with Gasteiger partial charge in [-0.15, -0.1) is 0 Å². The number of aryl methyl sites for hydroxylation is 1. The van der Waals surface area contributed by atoms with Gasteiger partial charge in [-0.25, -0.2) is 0 Å². The topological polar surface area (TPSA) is 60.6 Å². The van der Waals surface area contributed by atoms with Crippen LogP contribution in [0.5, 0.6) is 11.5 Å². The molecule has 1 aromatic heterocycles. The van der Waals surface area contributed by atoms with Crippen molar-refractivity contribution in [2.75, 3.05) is 20.2 Å². The fraction of sp³-hybridized carbons (Fsp3) is 0.300. The highest BCUT2D eigenvalue weighted by molar-refractivity contribution is 5.63. The third kappa shape index (κ3) is 5.50. The number of rotatable bonds is 9. The first-order valence-electron chi connectivity index (χ1n) is 8.76. The van der Waals surface area contributed by atoms with Crippen molar-refractivity contribution in [1.82, 2.24) is 15.0 Å². The maximum Gasteiger partial charge on any atom is 0.387 e. The molecule has 8 heteroatoms. The maximum atomic E-state index is 12.5. The Labute approximate surface area is 161 Å². The first kappa shape index (κ1) is 19.8. The first-order chi connectivity index (χ1) is 13.5. The summed E-state index contributed by atoms with van der Waals surface area (Å²) in [6.45, 7) is 0.658. The third-order valence-electron chi connectivity index (χ3n) is 3.98. The molecule has 0 aliphatic heterocycles. The molecule has 3 aromatic rings. The average molecular weight is 389 g/mol. The number of alkyl halides is 2. The van der Waals surface area contributed by atoms with Crippen LogP contribution in [-0.4, -0.2) is 41.9 Å². The third-order valence-corrected chi connectivity index (χ3v) is 3.98. The average Bonchev–Trinajstić information content (AvgIpc) is 3.11. The smallest absolute Gasteiger partial charge is 0.387 e. The summed E-state index contributed by atoms with van der Waals surface area (Å²) in [6, 6.07) is 14.2. The Balaban J connectivity index is 1.55. The first-order valence-corrected chi connectivity index (χ1v) is 8.76. The summed E-state index contributed by atoms with van der Waals surface area (Å²) >= 11 is 0. The van der Waals surface area contributed by atoms with Crippen LogP contribution in [0.25, 0.3) is 11.4 Å². The molecule has 0 unspecified atom stereocenters. The minimum absolute atomic E-state index is 0.00435. The SMILES string of the molecule is Cc1ccc(OCCN(C)Cc2nc(-c3ccccc3OC(F)F)no2)cc1. The zero-order valence-electron chi connectivity index (χ0n) is 15.6. The molecule has 0 aliphatic carbocycles. The lowest BCUT2D eigenvalue weighted by Crippen LogP contribution is -2.24. The molecule has 2 aromatic carbocycles. The van der Waals surface area contributed by atoms with Crippen molar-refractivity contribution in [1.29, 1.82) is 0 Å². The zero-order valence-corrected chi connectivity index (χ0v) is 15.6. The van der Waals surface area contributed by atoms with Gasteiger partial charge in [-0.2, -0.15) is 13.8 Å². The lowest BCUT2D eigenvalue weighted by atomic mass is 10.2. The molecular formula is C20H21F2N3O3. The van der Waals surface area contributed by atoms with E-state index in [1.54, 1.807) is 18.2 Å². The molecule has 6 nitrogen and oxygen atoms in total. The number of aromatic nitrogens is 2. The molecule has 0 bridgehead atoms. The van der Waals surface area contributed by atoms with Gasteiger partial charge in [-0.1, -0.05) is 35.0 Å². The molecule has 0 saturated carbocycles. The Morgan fingerprint density at radius 2 is 1.86 bits per heavy atom. The van der Waals surface area contributed by atoms with Crippen LogP contribution in [-0.2, 0) is 6.54 Å². The molecule has 0 fully saturated rings. The van der Waals surface area contributed by atoms with E-state index in [9.17, 15) is 8.78 Å². The quantitative estimate of drug-likeness (QED) is 0.548. The molecule has 28 heavy (non-hydrogen) atoms. The van der Waals surface area contributed by atoms with E-state index in [-0.39, 0.29) is 11.6 Å². The second-order valence-electron chi connectivity index (χ2n) is 6.29. The largest absolute Gasteiger partial charge is 0.492 e. The summed E-state index contributed by atoms with van der Waals surface area (Å²) in [5, 5.41) is 3.87. The minimum atomic E-state index is -2.92. The summed E-state index contributed by atoms with van der Waals surface area (Å²) in [5.41, 5.74) is 1.53. The molecule has 0 atom stereocenters. The van der Waals surface area contributed by atoms with Gasteiger partial charge in [-0.3, -0.25) is 4.90 Å². The van der Waals surface area contributed by atoms with Crippen LogP contribution < -0.4 is 9.47 Å². The molecule has 0 spiro atoms. The number of benzene rings is 2. The van der Waals surface area contributed by atoms with Crippen LogP contribution in [0, 0.1) is 6.92 Å². The monoisotopic (exact) mass is 389 g/mol. The lowest BCUT2D eigenvalue weighted by molar-refractivity contribution is -0.0494. The van der Waals surface area contributed by atoms with Gasteiger partial charge in [0, 0.05) is 6.54 Å². The molecule has 0 N–H and O–H groups in total. The van der Waals surface area contributed by atoms with Gasteiger partial charge in [-0.05, 0) is 38.2 Å². The zero-order chi connectivity index (χ0) is 19.9. The summed E-state index contributed by atoms with van der Waals surface area (Å²) < 4.78 is 40.6. The highest BCUT2D eigenvalue weighted by atomic mass is 19.3. The van der Waals surface area contributed by atoms with Crippen molar-refractivity contribution in [2.45, 2.75) is 20.1 Å². The summed E-state index contributed by atoms with van der Waals surface area (Å²) in [4.78, 5) is 6.24. The van der Waals surface area contributed by atoms with Gasteiger partial charge in [0.05, 0.1) is 12.1 Å². The van der Waals surface area contributed by atoms with Crippen molar-refractivity contribution in [3.05, 3.63) is 60.0 Å². The fourth-order valence-corrected chi connectivity index (χ4v) is 2.54. The van der Waals surface area contributed by atoms with Crippen molar-refractivity contribution in [2.24, 2.45) is 0 Å².